The zero-order chi connectivity index (χ0) is 24.1. The number of carbonyl (C=O) groups excluding carboxylic acids is 1. The van der Waals surface area contributed by atoms with Crippen molar-refractivity contribution in [2.24, 2.45) is 17.8 Å². The lowest BCUT2D eigenvalue weighted by Crippen LogP contribution is -2.38. The largest absolute Gasteiger partial charge is 0.461 e. The number of nitrogens with zero attached hydrogens (tertiary/aromatic N) is 2. The highest BCUT2D eigenvalue weighted by atomic mass is 16.5. The Labute approximate surface area is 203 Å². The zero-order valence-corrected chi connectivity index (χ0v) is 21.4. The van der Waals surface area contributed by atoms with Gasteiger partial charge in [-0.15, -0.1) is 0 Å². The third kappa shape index (κ3) is 4.08. The molecular formula is C30H37N2O2+. The van der Waals surface area contributed by atoms with E-state index < -0.39 is 0 Å². The van der Waals surface area contributed by atoms with Gasteiger partial charge in [0.2, 0.25) is 6.34 Å². The maximum absolute atomic E-state index is 13.0. The fourth-order valence-corrected chi connectivity index (χ4v) is 6.67. The van der Waals surface area contributed by atoms with Crippen LogP contribution in [0.4, 0.5) is 11.4 Å². The molecule has 178 valence electrons. The standard InChI is InChI=1S/C30H37N2O2/c1-18-9-20(3)28(21(4)10-18)31-15-26(16-34-30(33)27-14-24-7-8-25(27)13-24)32(17-31)29-22(5)11-19(2)12-23(29)6/h7-12,17,24-27H,13-16H2,1-6H3/q+1. The van der Waals surface area contributed by atoms with E-state index in [4.69, 9.17) is 4.74 Å². The summed E-state index contributed by atoms with van der Waals surface area (Å²) in [6.45, 7) is 14.2. The number of carbonyl (C=O) groups is 1. The minimum atomic E-state index is -0.0182. The van der Waals surface area contributed by atoms with Crippen molar-refractivity contribution >= 4 is 23.7 Å². The van der Waals surface area contributed by atoms with Gasteiger partial charge in [0, 0.05) is 0 Å². The van der Waals surface area contributed by atoms with Crippen LogP contribution in [-0.2, 0) is 9.53 Å². The van der Waals surface area contributed by atoms with E-state index in [2.05, 4.69) is 93.8 Å². The number of hydrogen-bond acceptors (Lipinski definition) is 3. The first-order chi connectivity index (χ1) is 16.2. The lowest BCUT2D eigenvalue weighted by Gasteiger charge is -2.22. The predicted molar refractivity (Wildman–Crippen MR) is 138 cm³/mol. The molecule has 0 spiro atoms. The van der Waals surface area contributed by atoms with Gasteiger partial charge in [0.25, 0.3) is 0 Å². The number of ether oxygens (including phenoxy) is 1. The summed E-state index contributed by atoms with van der Waals surface area (Å²) in [6, 6.07) is 9.05. The van der Waals surface area contributed by atoms with Crippen molar-refractivity contribution in [3.8, 4) is 0 Å². The number of allylic oxidation sites excluding steroid dienone is 2. The Balaban J connectivity index is 1.44. The van der Waals surface area contributed by atoms with E-state index in [-0.39, 0.29) is 17.9 Å². The predicted octanol–water partition coefficient (Wildman–Crippen LogP) is 5.85. The summed E-state index contributed by atoms with van der Waals surface area (Å²) in [6.07, 6.45) is 8.79. The van der Waals surface area contributed by atoms with E-state index in [0.717, 1.165) is 19.4 Å². The molecule has 1 aliphatic heterocycles. The summed E-state index contributed by atoms with van der Waals surface area (Å²) >= 11 is 0. The van der Waals surface area contributed by atoms with Gasteiger partial charge in [-0.2, -0.15) is 0 Å². The van der Waals surface area contributed by atoms with Crippen LogP contribution >= 0.6 is 0 Å². The summed E-state index contributed by atoms with van der Waals surface area (Å²) in [5.41, 5.74) is 10.1. The lowest BCUT2D eigenvalue weighted by molar-refractivity contribution is -0.430. The van der Waals surface area contributed by atoms with Crippen LogP contribution in [0.5, 0.6) is 0 Å². The molecule has 34 heavy (non-hydrogen) atoms. The SMILES string of the molecule is Cc1cc(C)c(N2C=[N+](c3c(C)cc(C)cc3C)CC2COC(=O)C2CC3C=CC2C3)c(C)c1. The monoisotopic (exact) mass is 457 g/mol. The first-order valence-corrected chi connectivity index (χ1v) is 12.6. The topological polar surface area (TPSA) is 32.5 Å². The second kappa shape index (κ2) is 8.72. The zero-order valence-electron chi connectivity index (χ0n) is 21.4. The maximum Gasteiger partial charge on any atom is 0.309 e. The number of esters is 1. The van der Waals surface area contributed by atoms with Crippen molar-refractivity contribution in [1.82, 2.24) is 0 Å². The van der Waals surface area contributed by atoms with Gasteiger partial charge in [-0.1, -0.05) is 47.5 Å². The number of rotatable bonds is 5. The van der Waals surface area contributed by atoms with Gasteiger partial charge in [-0.3, -0.25) is 4.79 Å². The van der Waals surface area contributed by atoms with E-state index in [1.807, 2.05) is 0 Å². The van der Waals surface area contributed by atoms with Gasteiger partial charge >= 0.3 is 5.97 Å². The minimum absolute atomic E-state index is 0.0182. The molecule has 2 aromatic carbocycles. The van der Waals surface area contributed by atoms with Crippen molar-refractivity contribution in [2.45, 2.75) is 60.4 Å². The van der Waals surface area contributed by atoms with E-state index in [0.29, 0.717) is 18.4 Å². The lowest BCUT2D eigenvalue weighted by atomic mass is 9.94. The molecule has 5 rings (SSSR count). The molecule has 1 heterocycles. The van der Waals surface area contributed by atoms with Crippen molar-refractivity contribution in [1.29, 1.82) is 0 Å². The summed E-state index contributed by atoms with van der Waals surface area (Å²) in [4.78, 5) is 15.4. The van der Waals surface area contributed by atoms with Crippen LogP contribution < -0.4 is 4.90 Å². The number of fused-ring (bicyclic) bond motifs is 2. The van der Waals surface area contributed by atoms with Gasteiger partial charge in [0.1, 0.15) is 24.5 Å². The maximum atomic E-state index is 13.0. The van der Waals surface area contributed by atoms with Crippen LogP contribution in [0.25, 0.3) is 0 Å². The van der Waals surface area contributed by atoms with Crippen molar-refractivity contribution in [3.05, 3.63) is 69.8 Å². The molecule has 0 aromatic heterocycles. The molecule has 2 aromatic rings. The van der Waals surface area contributed by atoms with Gasteiger partial charge in [0.15, 0.2) is 6.04 Å². The molecule has 4 atom stereocenters. The summed E-state index contributed by atoms with van der Waals surface area (Å²) in [5.74, 6) is 0.962. The molecule has 1 fully saturated rings. The van der Waals surface area contributed by atoms with Crippen LogP contribution in [-0.4, -0.2) is 36.1 Å². The highest BCUT2D eigenvalue weighted by molar-refractivity contribution is 5.83. The second-order valence-corrected chi connectivity index (χ2v) is 10.8. The second-order valence-electron chi connectivity index (χ2n) is 10.8. The van der Waals surface area contributed by atoms with Gasteiger partial charge < -0.3 is 4.74 Å². The van der Waals surface area contributed by atoms with Crippen molar-refractivity contribution in [2.75, 3.05) is 18.1 Å². The van der Waals surface area contributed by atoms with Crippen LogP contribution in [0, 0.1) is 59.3 Å². The van der Waals surface area contributed by atoms with Crippen molar-refractivity contribution < 1.29 is 14.1 Å². The molecule has 2 bridgehead atoms. The number of benzene rings is 2. The van der Waals surface area contributed by atoms with Crippen LogP contribution in [0.3, 0.4) is 0 Å². The first kappa shape index (κ1) is 22.9. The average molecular weight is 458 g/mol. The smallest absolute Gasteiger partial charge is 0.309 e. The van der Waals surface area contributed by atoms with Crippen LogP contribution in [0.2, 0.25) is 0 Å². The third-order valence-corrected chi connectivity index (χ3v) is 7.88. The molecule has 0 saturated heterocycles. The highest BCUT2D eigenvalue weighted by Crippen LogP contribution is 2.44. The van der Waals surface area contributed by atoms with Crippen LogP contribution in [0.15, 0.2) is 36.4 Å². The minimum Gasteiger partial charge on any atom is -0.461 e. The van der Waals surface area contributed by atoms with Gasteiger partial charge in [-0.25, -0.2) is 9.48 Å². The quantitative estimate of drug-likeness (QED) is 0.321. The molecule has 0 N–H and O–H groups in total. The molecule has 3 aliphatic rings. The molecule has 0 amide bonds. The molecular weight excluding hydrogens is 420 g/mol. The molecule has 1 saturated carbocycles. The molecule has 4 heteroatoms. The molecule has 2 aliphatic carbocycles. The fourth-order valence-electron chi connectivity index (χ4n) is 6.67. The summed E-state index contributed by atoms with van der Waals surface area (Å²) in [7, 11) is 0. The Morgan fingerprint density at radius 1 is 0.912 bits per heavy atom. The van der Waals surface area contributed by atoms with Crippen molar-refractivity contribution in [3.63, 3.8) is 0 Å². The van der Waals surface area contributed by atoms with E-state index in [1.54, 1.807) is 0 Å². The van der Waals surface area contributed by atoms with Gasteiger partial charge in [-0.05, 0) is 88.5 Å². The molecule has 0 radical (unpaired) electrons. The van der Waals surface area contributed by atoms with Crippen LogP contribution in [0.1, 0.15) is 46.2 Å². The average Bonchev–Trinajstić information content (AvgIpc) is 3.47. The Hall–Kier alpha value is -2.88. The Morgan fingerprint density at radius 3 is 2.09 bits per heavy atom. The Kier molecular flexibility index (Phi) is 5.87. The third-order valence-electron chi connectivity index (χ3n) is 7.88. The Bertz CT molecular complexity index is 1160. The fraction of sp³-hybridized carbons (Fsp3) is 0.467. The van der Waals surface area contributed by atoms with E-state index >= 15 is 0 Å². The first-order valence-electron chi connectivity index (χ1n) is 12.6. The molecule has 4 nitrogen and oxygen atoms in total. The normalized spacial score (nSPS) is 25.2. The number of aryl methyl sites for hydroxylation is 6. The van der Waals surface area contributed by atoms with E-state index in [1.165, 1.54) is 44.8 Å². The molecule has 4 unspecified atom stereocenters. The number of hydrogen-bond donors (Lipinski definition) is 0. The number of anilines is 1. The summed E-state index contributed by atoms with van der Waals surface area (Å²) < 4.78 is 8.37. The highest BCUT2D eigenvalue weighted by Gasteiger charge is 2.42. The Morgan fingerprint density at radius 2 is 1.53 bits per heavy atom. The summed E-state index contributed by atoms with van der Waals surface area (Å²) in [5, 5.41) is 0. The van der Waals surface area contributed by atoms with E-state index in [9.17, 15) is 4.79 Å². The van der Waals surface area contributed by atoms with Gasteiger partial charge in [0.05, 0.1) is 5.92 Å².